The maximum Gasteiger partial charge on any atom is 0.141 e. The summed E-state index contributed by atoms with van der Waals surface area (Å²) in [4.78, 5) is 0. The Hall–Kier alpha value is -0.930. The van der Waals surface area contributed by atoms with Gasteiger partial charge < -0.3 is 14.8 Å². The molecule has 1 heterocycles. The van der Waals surface area contributed by atoms with E-state index in [1.807, 2.05) is 19.1 Å². The van der Waals surface area contributed by atoms with Gasteiger partial charge in [0.1, 0.15) is 11.5 Å². The van der Waals surface area contributed by atoms with Crippen molar-refractivity contribution in [3.63, 3.8) is 0 Å². The molecule has 1 aliphatic rings. The van der Waals surface area contributed by atoms with Crippen LogP contribution in [0.15, 0.2) is 12.1 Å². The summed E-state index contributed by atoms with van der Waals surface area (Å²) in [5, 5.41) is 4.10. The number of rotatable bonds is 4. The molecule has 1 N–H and O–H groups in total. The first kappa shape index (κ1) is 12.5. The summed E-state index contributed by atoms with van der Waals surface area (Å²) >= 11 is 6.17. The third-order valence-corrected chi connectivity index (χ3v) is 3.32. The van der Waals surface area contributed by atoms with Crippen molar-refractivity contribution in [1.29, 1.82) is 0 Å². The molecule has 0 amide bonds. The second-order valence-electron chi connectivity index (χ2n) is 4.11. The molecule has 1 aliphatic heterocycles. The Balaban J connectivity index is 2.37. The first-order chi connectivity index (χ1) is 8.26. The monoisotopic (exact) mass is 255 g/mol. The fourth-order valence-corrected chi connectivity index (χ4v) is 2.46. The predicted octanol–water partition coefficient (Wildman–Crippen LogP) is 3.17. The van der Waals surface area contributed by atoms with Crippen LogP contribution in [0.2, 0.25) is 5.02 Å². The number of methoxy groups -OCH3 is 1. The number of ether oxygens (including phenoxy) is 2. The molecular formula is C13H18ClNO2. The van der Waals surface area contributed by atoms with E-state index in [0.29, 0.717) is 23.4 Å². The van der Waals surface area contributed by atoms with Crippen molar-refractivity contribution in [2.45, 2.75) is 25.8 Å². The molecule has 0 aromatic heterocycles. The van der Waals surface area contributed by atoms with Crippen molar-refractivity contribution < 1.29 is 9.47 Å². The van der Waals surface area contributed by atoms with E-state index in [-0.39, 0.29) is 0 Å². The fourth-order valence-electron chi connectivity index (χ4n) is 2.21. The second kappa shape index (κ2) is 5.61. The third-order valence-electron chi connectivity index (χ3n) is 3.02. The molecule has 1 aromatic rings. The topological polar surface area (TPSA) is 30.5 Å². The molecule has 1 aromatic carbocycles. The van der Waals surface area contributed by atoms with Crippen molar-refractivity contribution in [1.82, 2.24) is 5.32 Å². The lowest BCUT2D eigenvalue weighted by atomic mass is 10.0. The lowest BCUT2D eigenvalue weighted by Gasteiger charge is -2.18. The van der Waals surface area contributed by atoms with Gasteiger partial charge in [-0.3, -0.25) is 0 Å². The highest BCUT2D eigenvalue weighted by Gasteiger charge is 2.21. The van der Waals surface area contributed by atoms with Crippen LogP contribution in [0.5, 0.6) is 11.5 Å². The Morgan fingerprint density at radius 2 is 2.24 bits per heavy atom. The highest BCUT2D eigenvalue weighted by Crippen LogP contribution is 2.38. The molecule has 1 saturated heterocycles. The van der Waals surface area contributed by atoms with Gasteiger partial charge >= 0.3 is 0 Å². The molecule has 0 aliphatic carbocycles. The van der Waals surface area contributed by atoms with E-state index in [9.17, 15) is 0 Å². The predicted molar refractivity (Wildman–Crippen MR) is 69.2 cm³/mol. The van der Waals surface area contributed by atoms with Crippen molar-refractivity contribution in [3.05, 3.63) is 22.7 Å². The average Bonchev–Trinajstić information content (AvgIpc) is 2.84. The maximum atomic E-state index is 6.17. The van der Waals surface area contributed by atoms with Crippen LogP contribution >= 0.6 is 11.6 Å². The minimum absolute atomic E-state index is 0.347. The summed E-state index contributed by atoms with van der Waals surface area (Å²) in [5.41, 5.74) is 1.13. The van der Waals surface area contributed by atoms with Gasteiger partial charge in [-0.2, -0.15) is 0 Å². The van der Waals surface area contributed by atoms with Crippen molar-refractivity contribution in [3.8, 4) is 11.5 Å². The third kappa shape index (κ3) is 2.67. The van der Waals surface area contributed by atoms with Crippen LogP contribution in [0.4, 0.5) is 0 Å². The highest BCUT2D eigenvalue weighted by molar-refractivity contribution is 6.32. The summed E-state index contributed by atoms with van der Waals surface area (Å²) in [7, 11) is 1.62. The van der Waals surface area contributed by atoms with Crippen molar-refractivity contribution >= 4 is 11.6 Å². The molecule has 1 unspecified atom stereocenters. The van der Waals surface area contributed by atoms with Gasteiger partial charge in [-0.15, -0.1) is 0 Å². The molecule has 94 valence electrons. The maximum absolute atomic E-state index is 6.17. The minimum Gasteiger partial charge on any atom is -0.495 e. The lowest BCUT2D eigenvalue weighted by molar-refractivity contribution is 0.329. The fraction of sp³-hybridized carbons (Fsp3) is 0.538. The number of nitrogens with one attached hydrogen (secondary N) is 1. The highest BCUT2D eigenvalue weighted by atomic mass is 35.5. The Morgan fingerprint density at radius 1 is 1.41 bits per heavy atom. The largest absolute Gasteiger partial charge is 0.495 e. The Morgan fingerprint density at radius 3 is 2.82 bits per heavy atom. The summed E-state index contributed by atoms with van der Waals surface area (Å²) in [6, 6.07) is 4.18. The molecule has 17 heavy (non-hydrogen) atoms. The van der Waals surface area contributed by atoms with Gasteiger partial charge in [-0.1, -0.05) is 11.6 Å². The molecular weight excluding hydrogens is 238 g/mol. The van der Waals surface area contributed by atoms with Crippen LogP contribution in [0.3, 0.4) is 0 Å². The standard InChI is InChI=1S/C13H18ClNO2/c1-3-17-12-8-13(16-2)10(14)7-9(12)11-5-4-6-15-11/h7-8,11,15H,3-6H2,1-2H3. The molecule has 2 rings (SSSR count). The quantitative estimate of drug-likeness (QED) is 0.897. The van der Waals surface area contributed by atoms with Crippen LogP contribution in [0.1, 0.15) is 31.4 Å². The molecule has 0 bridgehead atoms. The van der Waals surface area contributed by atoms with E-state index in [1.165, 1.54) is 6.42 Å². The van der Waals surface area contributed by atoms with Crippen LogP contribution in [-0.2, 0) is 0 Å². The lowest BCUT2D eigenvalue weighted by Crippen LogP contribution is -2.14. The van der Waals surface area contributed by atoms with E-state index >= 15 is 0 Å². The van der Waals surface area contributed by atoms with Gasteiger partial charge in [0.2, 0.25) is 0 Å². The van der Waals surface area contributed by atoms with Gasteiger partial charge in [0.15, 0.2) is 0 Å². The Bertz CT molecular complexity index is 389. The summed E-state index contributed by atoms with van der Waals surface area (Å²) in [5.74, 6) is 1.53. The molecule has 0 saturated carbocycles. The van der Waals surface area contributed by atoms with Gasteiger partial charge in [0, 0.05) is 17.7 Å². The molecule has 3 nitrogen and oxygen atoms in total. The van der Waals surface area contributed by atoms with E-state index in [4.69, 9.17) is 21.1 Å². The number of benzene rings is 1. The van der Waals surface area contributed by atoms with E-state index < -0.39 is 0 Å². The molecule has 0 spiro atoms. The molecule has 1 fully saturated rings. The van der Waals surface area contributed by atoms with Gasteiger partial charge in [-0.05, 0) is 32.4 Å². The Kier molecular flexibility index (Phi) is 4.13. The molecule has 0 radical (unpaired) electrons. The van der Waals surface area contributed by atoms with Crippen LogP contribution in [0, 0.1) is 0 Å². The normalized spacial score (nSPS) is 19.4. The van der Waals surface area contributed by atoms with Crippen LogP contribution < -0.4 is 14.8 Å². The zero-order chi connectivity index (χ0) is 12.3. The number of hydrogen-bond acceptors (Lipinski definition) is 3. The zero-order valence-corrected chi connectivity index (χ0v) is 11.0. The number of hydrogen-bond donors (Lipinski definition) is 1. The smallest absolute Gasteiger partial charge is 0.141 e. The van der Waals surface area contributed by atoms with E-state index in [2.05, 4.69) is 5.32 Å². The second-order valence-corrected chi connectivity index (χ2v) is 4.51. The van der Waals surface area contributed by atoms with E-state index in [1.54, 1.807) is 7.11 Å². The summed E-state index contributed by atoms with van der Waals surface area (Å²) in [6.07, 6.45) is 2.32. The Labute approximate surface area is 107 Å². The minimum atomic E-state index is 0.347. The first-order valence-corrected chi connectivity index (χ1v) is 6.37. The van der Waals surface area contributed by atoms with E-state index in [0.717, 1.165) is 24.3 Å². The SMILES string of the molecule is CCOc1cc(OC)c(Cl)cc1C1CCCN1. The van der Waals surface area contributed by atoms with Gasteiger partial charge in [-0.25, -0.2) is 0 Å². The first-order valence-electron chi connectivity index (χ1n) is 6.00. The zero-order valence-electron chi connectivity index (χ0n) is 10.3. The van der Waals surface area contributed by atoms with Gasteiger partial charge in [0.05, 0.1) is 18.7 Å². The summed E-state index contributed by atoms with van der Waals surface area (Å²) < 4.78 is 10.9. The number of halogens is 1. The van der Waals surface area contributed by atoms with Crippen molar-refractivity contribution in [2.24, 2.45) is 0 Å². The molecule has 1 atom stereocenters. The molecule has 4 heteroatoms. The van der Waals surface area contributed by atoms with Crippen LogP contribution in [0.25, 0.3) is 0 Å². The summed E-state index contributed by atoms with van der Waals surface area (Å²) in [6.45, 7) is 3.68. The van der Waals surface area contributed by atoms with Crippen molar-refractivity contribution in [2.75, 3.05) is 20.3 Å². The van der Waals surface area contributed by atoms with Gasteiger partial charge in [0.25, 0.3) is 0 Å². The van der Waals surface area contributed by atoms with Crippen LogP contribution in [-0.4, -0.2) is 20.3 Å². The average molecular weight is 256 g/mol.